The van der Waals surface area contributed by atoms with Crippen LogP contribution in [-0.2, 0) is 9.59 Å². The van der Waals surface area contributed by atoms with Gasteiger partial charge in [-0.2, -0.15) is 0 Å². The fourth-order valence-corrected chi connectivity index (χ4v) is 5.72. The van der Waals surface area contributed by atoms with E-state index in [-0.39, 0.29) is 23.5 Å². The van der Waals surface area contributed by atoms with E-state index in [9.17, 15) is 9.59 Å². The lowest BCUT2D eigenvalue weighted by Crippen LogP contribution is -2.49. The number of aromatic nitrogens is 2. The van der Waals surface area contributed by atoms with Gasteiger partial charge in [-0.3, -0.25) is 9.59 Å². The maximum absolute atomic E-state index is 12.8. The number of amides is 2. The van der Waals surface area contributed by atoms with Gasteiger partial charge in [0, 0.05) is 64.3 Å². The van der Waals surface area contributed by atoms with Crippen molar-refractivity contribution < 1.29 is 9.59 Å². The van der Waals surface area contributed by atoms with E-state index in [0.717, 1.165) is 42.5 Å². The molecule has 5 rings (SSSR count). The quantitative estimate of drug-likeness (QED) is 0.320. The second-order valence-corrected chi connectivity index (χ2v) is 10.8. The fourth-order valence-electron chi connectivity index (χ4n) is 4.48. The zero-order chi connectivity index (χ0) is 24.4. The van der Waals surface area contributed by atoms with Crippen LogP contribution in [0, 0.1) is 5.92 Å². The number of hydrogen-bond acceptors (Lipinski definition) is 7. The molecule has 2 aliphatic heterocycles. The maximum Gasteiger partial charge on any atom is 0.233 e. The van der Waals surface area contributed by atoms with Crippen LogP contribution in [0.4, 0.5) is 11.5 Å². The normalized spacial score (nSPS) is 18.7. The van der Waals surface area contributed by atoms with Gasteiger partial charge in [0.2, 0.25) is 11.8 Å². The third-order valence-electron chi connectivity index (χ3n) is 6.65. The molecule has 11 heteroatoms. The van der Waals surface area contributed by atoms with Crippen molar-refractivity contribution in [2.24, 2.45) is 5.92 Å². The minimum absolute atomic E-state index is 0.0612. The summed E-state index contributed by atoms with van der Waals surface area (Å²) >= 11 is 13.9. The van der Waals surface area contributed by atoms with Crippen molar-refractivity contribution in [3.8, 4) is 0 Å². The highest BCUT2D eigenvalue weighted by Gasteiger charge is 2.34. The molecule has 2 amide bonds. The first-order valence-corrected chi connectivity index (χ1v) is 13.7. The molecule has 0 bridgehead atoms. The molecule has 1 aliphatic carbocycles. The van der Waals surface area contributed by atoms with E-state index in [1.807, 2.05) is 34.1 Å². The number of hydrogen-bond donors (Lipinski definition) is 0. The lowest BCUT2D eigenvalue weighted by molar-refractivity contribution is -0.133. The van der Waals surface area contributed by atoms with Crippen molar-refractivity contribution in [3.05, 3.63) is 40.5 Å². The van der Waals surface area contributed by atoms with Gasteiger partial charge >= 0.3 is 0 Å². The Morgan fingerprint density at radius 1 is 0.886 bits per heavy atom. The van der Waals surface area contributed by atoms with Gasteiger partial charge in [0.1, 0.15) is 11.0 Å². The summed E-state index contributed by atoms with van der Waals surface area (Å²) in [6.07, 6.45) is 2.05. The van der Waals surface area contributed by atoms with Gasteiger partial charge in [0.05, 0.1) is 16.5 Å². The molecule has 0 unspecified atom stereocenters. The third kappa shape index (κ3) is 5.95. The molecule has 35 heavy (non-hydrogen) atoms. The Balaban J connectivity index is 1.12. The first kappa shape index (κ1) is 24.5. The van der Waals surface area contributed by atoms with Crippen LogP contribution in [0.15, 0.2) is 35.5 Å². The van der Waals surface area contributed by atoms with Crippen LogP contribution in [0.3, 0.4) is 0 Å². The Morgan fingerprint density at radius 2 is 1.54 bits per heavy atom. The Morgan fingerprint density at radius 3 is 2.23 bits per heavy atom. The molecule has 1 aromatic carbocycles. The molecule has 2 saturated heterocycles. The van der Waals surface area contributed by atoms with E-state index in [1.165, 1.54) is 11.8 Å². The topological polar surface area (TPSA) is 72.9 Å². The van der Waals surface area contributed by atoms with E-state index in [2.05, 4.69) is 19.8 Å². The number of anilines is 2. The molecule has 1 saturated carbocycles. The number of nitrogens with zero attached hydrogens (tertiary/aromatic N) is 6. The van der Waals surface area contributed by atoms with Crippen LogP contribution in [0.25, 0.3) is 0 Å². The van der Waals surface area contributed by atoms with Gasteiger partial charge in [-0.1, -0.05) is 47.1 Å². The van der Waals surface area contributed by atoms with E-state index in [1.54, 1.807) is 6.07 Å². The largest absolute Gasteiger partial charge is 0.367 e. The Labute approximate surface area is 219 Å². The zero-order valence-electron chi connectivity index (χ0n) is 19.4. The number of rotatable bonds is 6. The number of carbonyl (C=O) groups is 2. The van der Waals surface area contributed by atoms with E-state index in [4.69, 9.17) is 23.2 Å². The molecule has 3 heterocycles. The van der Waals surface area contributed by atoms with Gasteiger partial charge in [0.25, 0.3) is 0 Å². The lowest BCUT2D eigenvalue weighted by atomic mass is 10.2. The van der Waals surface area contributed by atoms with Crippen molar-refractivity contribution in [1.29, 1.82) is 0 Å². The smallest absolute Gasteiger partial charge is 0.233 e. The molecule has 8 nitrogen and oxygen atoms in total. The van der Waals surface area contributed by atoms with Gasteiger partial charge in [0.15, 0.2) is 5.16 Å². The predicted octanol–water partition coefficient (Wildman–Crippen LogP) is 3.28. The molecular formula is C24H28Cl2N6O2S. The molecule has 3 aliphatic rings. The minimum Gasteiger partial charge on any atom is -0.367 e. The number of thioether (sulfide) groups is 1. The number of para-hydroxylation sites is 1. The van der Waals surface area contributed by atoms with Gasteiger partial charge < -0.3 is 19.6 Å². The number of carbonyl (C=O) groups excluding carboxylic acids is 2. The fraction of sp³-hybridized carbons (Fsp3) is 0.500. The summed E-state index contributed by atoms with van der Waals surface area (Å²) in [6.45, 7) is 5.60. The Bertz CT molecular complexity index is 1090. The first-order valence-electron chi connectivity index (χ1n) is 12.0. The maximum atomic E-state index is 12.8. The zero-order valence-corrected chi connectivity index (χ0v) is 21.7. The Kier molecular flexibility index (Phi) is 7.55. The SMILES string of the molecule is O=C(CSc1nc(Cl)cc(N2CCN(C(=O)C3CC3)CC2)n1)N1CCN(c2ccccc2Cl)CC1. The van der Waals surface area contributed by atoms with Gasteiger partial charge in [-0.05, 0) is 25.0 Å². The summed E-state index contributed by atoms with van der Waals surface area (Å²) in [7, 11) is 0. The summed E-state index contributed by atoms with van der Waals surface area (Å²) in [6, 6.07) is 9.54. The first-order chi connectivity index (χ1) is 17.0. The highest BCUT2D eigenvalue weighted by molar-refractivity contribution is 7.99. The van der Waals surface area contributed by atoms with Crippen LogP contribution in [0.5, 0.6) is 0 Å². The number of piperazine rings is 2. The number of halogens is 2. The third-order valence-corrected chi connectivity index (χ3v) is 8.00. The molecule has 0 atom stereocenters. The van der Waals surface area contributed by atoms with Crippen LogP contribution >= 0.6 is 35.0 Å². The van der Waals surface area contributed by atoms with Crippen molar-refractivity contribution >= 4 is 58.3 Å². The minimum atomic E-state index is 0.0612. The second-order valence-electron chi connectivity index (χ2n) is 9.03. The van der Waals surface area contributed by atoms with Crippen LogP contribution in [0.2, 0.25) is 10.2 Å². The summed E-state index contributed by atoms with van der Waals surface area (Å²) in [4.78, 5) is 42.3. The van der Waals surface area contributed by atoms with Crippen LogP contribution in [0.1, 0.15) is 12.8 Å². The molecule has 0 N–H and O–H groups in total. The monoisotopic (exact) mass is 534 g/mol. The predicted molar refractivity (Wildman–Crippen MR) is 140 cm³/mol. The van der Waals surface area contributed by atoms with Crippen LogP contribution in [-0.4, -0.2) is 89.7 Å². The van der Waals surface area contributed by atoms with Crippen LogP contribution < -0.4 is 9.80 Å². The number of benzene rings is 1. The summed E-state index contributed by atoms with van der Waals surface area (Å²) < 4.78 is 0. The van der Waals surface area contributed by atoms with Gasteiger partial charge in [-0.15, -0.1) is 0 Å². The molecule has 0 radical (unpaired) electrons. The van der Waals surface area contributed by atoms with Gasteiger partial charge in [-0.25, -0.2) is 9.97 Å². The molecule has 0 spiro atoms. The summed E-state index contributed by atoms with van der Waals surface area (Å²) in [5, 5.41) is 1.58. The van der Waals surface area contributed by atoms with E-state index < -0.39 is 0 Å². The molecule has 186 valence electrons. The molecular weight excluding hydrogens is 507 g/mol. The van der Waals surface area contributed by atoms with Crippen molar-refractivity contribution in [3.63, 3.8) is 0 Å². The average molecular weight is 536 g/mol. The van der Waals surface area contributed by atoms with E-state index in [0.29, 0.717) is 49.6 Å². The summed E-state index contributed by atoms with van der Waals surface area (Å²) in [5.74, 6) is 1.59. The highest BCUT2D eigenvalue weighted by atomic mass is 35.5. The van der Waals surface area contributed by atoms with Crippen molar-refractivity contribution in [2.45, 2.75) is 18.0 Å². The van der Waals surface area contributed by atoms with E-state index >= 15 is 0 Å². The molecule has 1 aromatic heterocycles. The standard InChI is InChI=1S/C24H28Cl2N6O2S/c25-18-3-1-2-4-19(18)29-7-11-31(12-8-29)22(33)16-35-24-27-20(26)15-21(28-24)30-9-13-32(14-10-30)23(34)17-5-6-17/h1-4,15,17H,5-14,16H2. The van der Waals surface area contributed by atoms with Crippen molar-refractivity contribution in [1.82, 2.24) is 19.8 Å². The average Bonchev–Trinajstić information content (AvgIpc) is 3.73. The molecule has 3 fully saturated rings. The summed E-state index contributed by atoms with van der Waals surface area (Å²) in [5.41, 5.74) is 1.01. The second kappa shape index (κ2) is 10.8. The van der Waals surface area contributed by atoms with Crippen molar-refractivity contribution in [2.75, 3.05) is 67.9 Å². The highest BCUT2D eigenvalue weighted by Crippen LogP contribution is 2.32. The molecule has 2 aromatic rings. The Hall–Kier alpha value is -2.23. The lowest BCUT2D eigenvalue weighted by Gasteiger charge is -2.36.